The Morgan fingerprint density at radius 2 is 2.10 bits per heavy atom. The van der Waals surface area contributed by atoms with Crippen LogP contribution in [0.4, 0.5) is 4.39 Å². The standard InChI is InChI=1S/C13H18FNO4S/c1-3-19-13(16)5-4-8-15-20(17,18)12-9-11(14)7-6-10(12)2/h6-7,9,15H,3-5,8H2,1-2H3. The van der Waals surface area contributed by atoms with Gasteiger partial charge >= 0.3 is 5.97 Å². The number of aryl methyl sites for hydroxylation is 1. The zero-order chi connectivity index (χ0) is 15.2. The van der Waals surface area contributed by atoms with Crippen LogP contribution in [0.15, 0.2) is 23.1 Å². The maximum Gasteiger partial charge on any atom is 0.305 e. The lowest BCUT2D eigenvalue weighted by atomic mass is 10.2. The molecule has 0 aliphatic carbocycles. The molecule has 0 aliphatic rings. The van der Waals surface area contributed by atoms with Gasteiger partial charge in [0.25, 0.3) is 0 Å². The maximum absolute atomic E-state index is 13.1. The fourth-order valence-corrected chi connectivity index (χ4v) is 2.94. The molecule has 0 unspecified atom stereocenters. The molecule has 7 heteroatoms. The number of halogens is 1. The van der Waals surface area contributed by atoms with Crippen molar-refractivity contribution < 1.29 is 22.3 Å². The average molecular weight is 303 g/mol. The van der Waals surface area contributed by atoms with Crippen molar-refractivity contribution in [1.82, 2.24) is 4.72 Å². The third-order valence-corrected chi connectivity index (χ3v) is 4.20. The first-order valence-electron chi connectivity index (χ1n) is 6.28. The molecule has 0 saturated carbocycles. The molecule has 1 rings (SSSR count). The summed E-state index contributed by atoms with van der Waals surface area (Å²) in [5.41, 5.74) is 0.462. The Bertz CT molecular complexity index is 572. The highest BCUT2D eigenvalue weighted by molar-refractivity contribution is 7.89. The van der Waals surface area contributed by atoms with Crippen LogP contribution < -0.4 is 4.72 Å². The Morgan fingerprint density at radius 1 is 1.40 bits per heavy atom. The van der Waals surface area contributed by atoms with Gasteiger partial charge < -0.3 is 4.74 Å². The topological polar surface area (TPSA) is 72.5 Å². The van der Waals surface area contributed by atoms with Crippen LogP contribution in [0.25, 0.3) is 0 Å². The van der Waals surface area contributed by atoms with Gasteiger partial charge in [-0.3, -0.25) is 4.79 Å². The van der Waals surface area contributed by atoms with E-state index in [4.69, 9.17) is 4.74 Å². The minimum atomic E-state index is -3.77. The normalized spacial score (nSPS) is 11.3. The van der Waals surface area contributed by atoms with Gasteiger partial charge in [-0.15, -0.1) is 0 Å². The largest absolute Gasteiger partial charge is 0.466 e. The van der Waals surface area contributed by atoms with E-state index in [0.29, 0.717) is 18.6 Å². The van der Waals surface area contributed by atoms with E-state index in [1.807, 2.05) is 0 Å². The zero-order valence-electron chi connectivity index (χ0n) is 11.5. The van der Waals surface area contributed by atoms with Crippen LogP contribution in [0, 0.1) is 12.7 Å². The number of carbonyl (C=O) groups is 1. The van der Waals surface area contributed by atoms with Crippen LogP contribution in [-0.4, -0.2) is 27.5 Å². The number of esters is 1. The second-order valence-electron chi connectivity index (χ2n) is 4.22. The van der Waals surface area contributed by atoms with Crippen molar-refractivity contribution in [2.24, 2.45) is 0 Å². The Hall–Kier alpha value is -1.47. The lowest BCUT2D eigenvalue weighted by molar-refractivity contribution is -0.143. The monoisotopic (exact) mass is 303 g/mol. The average Bonchev–Trinajstić information content (AvgIpc) is 2.38. The fraction of sp³-hybridized carbons (Fsp3) is 0.462. The van der Waals surface area contributed by atoms with Gasteiger partial charge in [0.1, 0.15) is 5.82 Å². The highest BCUT2D eigenvalue weighted by Crippen LogP contribution is 2.16. The number of hydrogen-bond donors (Lipinski definition) is 1. The fourth-order valence-electron chi connectivity index (χ4n) is 1.61. The van der Waals surface area contributed by atoms with E-state index >= 15 is 0 Å². The molecule has 1 aromatic rings. The number of hydrogen-bond acceptors (Lipinski definition) is 4. The lowest BCUT2D eigenvalue weighted by Gasteiger charge is -2.09. The van der Waals surface area contributed by atoms with Crippen molar-refractivity contribution in [3.63, 3.8) is 0 Å². The predicted octanol–water partition coefficient (Wildman–Crippen LogP) is 1.76. The van der Waals surface area contributed by atoms with Gasteiger partial charge in [-0.25, -0.2) is 17.5 Å². The number of rotatable bonds is 7. The maximum atomic E-state index is 13.1. The molecule has 5 nitrogen and oxygen atoms in total. The van der Waals surface area contributed by atoms with E-state index in [-0.39, 0.29) is 23.8 Å². The molecule has 1 aromatic carbocycles. The van der Waals surface area contributed by atoms with Crippen LogP contribution in [0.5, 0.6) is 0 Å². The van der Waals surface area contributed by atoms with E-state index in [2.05, 4.69) is 4.72 Å². The molecule has 112 valence electrons. The lowest BCUT2D eigenvalue weighted by Crippen LogP contribution is -2.26. The van der Waals surface area contributed by atoms with E-state index < -0.39 is 15.8 Å². The number of nitrogens with one attached hydrogen (secondary N) is 1. The minimum absolute atomic E-state index is 0.0892. The molecular formula is C13H18FNO4S. The van der Waals surface area contributed by atoms with Crippen LogP contribution in [0.2, 0.25) is 0 Å². The molecule has 0 fully saturated rings. The quantitative estimate of drug-likeness (QED) is 0.615. The highest BCUT2D eigenvalue weighted by Gasteiger charge is 2.17. The Balaban J connectivity index is 2.58. The SMILES string of the molecule is CCOC(=O)CCCNS(=O)(=O)c1cc(F)ccc1C. The summed E-state index contributed by atoms with van der Waals surface area (Å²) < 4.78 is 44.1. The summed E-state index contributed by atoms with van der Waals surface area (Å²) in [5, 5.41) is 0. The summed E-state index contributed by atoms with van der Waals surface area (Å²) in [6, 6.07) is 3.58. The van der Waals surface area contributed by atoms with Crippen molar-refractivity contribution in [3.8, 4) is 0 Å². The number of benzene rings is 1. The van der Waals surface area contributed by atoms with E-state index in [1.54, 1.807) is 13.8 Å². The van der Waals surface area contributed by atoms with Crippen molar-refractivity contribution >= 4 is 16.0 Å². The van der Waals surface area contributed by atoms with Gasteiger partial charge in [-0.2, -0.15) is 0 Å². The number of sulfonamides is 1. The molecule has 0 amide bonds. The molecular weight excluding hydrogens is 285 g/mol. The highest BCUT2D eigenvalue weighted by atomic mass is 32.2. The molecule has 0 aliphatic heterocycles. The predicted molar refractivity (Wildman–Crippen MR) is 72.2 cm³/mol. The molecule has 0 atom stereocenters. The molecule has 0 radical (unpaired) electrons. The molecule has 0 bridgehead atoms. The van der Waals surface area contributed by atoms with Crippen molar-refractivity contribution in [1.29, 1.82) is 0 Å². The third-order valence-electron chi connectivity index (χ3n) is 2.59. The minimum Gasteiger partial charge on any atom is -0.466 e. The molecule has 0 saturated heterocycles. The van der Waals surface area contributed by atoms with E-state index in [9.17, 15) is 17.6 Å². The van der Waals surface area contributed by atoms with Crippen LogP contribution in [0.1, 0.15) is 25.3 Å². The van der Waals surface area contributed by atoms with Gasteiger partial charge in [-0.05, 0) is 38.0 Å². The van der Waals surface area contributed by atoms with Crippen LogP contribution in [0.3, 0.4) is 0 Å². The first kappa shape index (κ1) is 16.6. The van der Waals surface area contributed by atoms with Gasteiger partial charge in [0.2, 0.25) is 10.0 Å². The van der Waals surface area contributed by atoms with Gasteiger partial charge in [0.05, 0.1) is 11.5 Å². The Labute approximate surface area is 118 Å². The Kier molecular flexibility index (Phi) is 6.09. The van der Waals surface area contributed by atoms with Crippen molar-refractivity contribution in [3.05, 3.63) is 29.6 Å². The second kappa shape index (κ2) is 7.35. The summed E-state index contributed by atoms with van der Waals surface area (Å²) in [6.45, 7) is 3.68. The molecule has 20 heavy (non-hydrogen) atoms. The summed E-state index contributed by atoms with van der Waals surface area (Å²) in [5.74, 6) is -0.976. The van der Waals surface area contributed by atoms with Crippen LogP contribution in [-0.2, 0) is 19.6 Å². The summed E-state index contributed by atoms with van der Waals surface area (Å²) in [6.07, 6.45) is 0.463. The van der Waals surface area contributed by atoms with Gasteiger partial charge in [0, 0.05) is 13.0 Å². The van der Waals surface area contributed by atoms with E-state index in [1.165, 1.54) is 12.1 Å². The first-order valence-corrected chi connectivity index (χ1v) is 7.76. The molecule has 1 N–H and O–H groups in total. The van der Waals surface area contributed by atoms with Gasteiger partial charge in [0.15, 0.2) is 0 Å². The zero-order valence-corrected chi connectivity index (χ0v) is 12.3. The van der Waals surface area contributed by atoms with E-state index in [0.717, 1.165) is 6.07 Å². The van der Waals surface area contributed by atoms with Gasteiger partial charge in [-0.1, -0.05) is 6.07 Å². The molecule has 0 spiro atoms. The third kappa shape index (κ3) is 4.90. The molecule has 0 heterocycles. The summed E-state index contributed by atoms with van der Waals surface area (Å²) in [4.78, 5) is 11.0. The second-order valence-corrected chi connectivity index (χ2v) is 5.95. The smallest absolute Gasteiger partial charge is 0.305 e. The number of carbonyl (C=O) groups excluding carboxylic acids is 1. The number of ether oxygens (including phenoxy) is 1. The van der Waals surface area contributed by atoms with Crippen molar-refractivity contribution in [2.45, 2.75) is 31.6 Å². The van der Waals surface area contributed by atoms with Crippen LogP contribution >= 0.6 is 0 Å². The summed E-state index contributed by atoms with van der Waals surface area (Å²) in [7, 11) is -3.77. The Morgan fingerprint density at radius 3 is 2.75 bits per heavy atom. The summed E-state index contributed by atoms with van der Waals surface area (Å²) >= 11 is 0. The van der Waals surface area contributed by atoms with Crippen molar-refractivity contribution in [2.75, 3.05) is 13.2 Å². The molecule has 0 aromatic heterocycles. The first-order chi connectivity index (χ1) is 9.36.